The predicted molar refractivity (Wildman–Crippen MR) is 73.2 cm³/mol. The van der Waals surface area contributed by atoms with Crippen LogP contribution in [0.2, 0.25) is 0 Å². The Morgan fingerprint density at radius 2 is 2.00 bits per heavy atom. The largest absolute Gasteiger partial charge is 0.497 e. The van der Waals surface area contributed by atoms with Gasteiger partial charge < -0.3 is 4.74 Å². The summed E-state index contributed by atoms with van der Waals surface area (Å²) in [5.41, 5.74) is 2.13. The quantitative estimate of drug-likeness (QED) is 0.797. The first-order valence-electron chi connectivity index (χ1n) is 6.29. The van der Waals surface area contributed by atoms with Gasteiger partial charge in [0.25, 0.3) is 0 Å². The number of hydrogen-bond donors (Lipinski definition) is 0. The van der Waals surface area contributed by atoms with Gasteiger partial charge in [0.05, 0.1) is 13.3 Å². The molecule has 19 heavy (non-hydrogen) atoms. The number of hydrogen-bond acceptors (Lipinski definition) is 3. The van der Waals surface area contributed by atoms with E-state index in [1.54, 1.807) is 18.0 Å². The standard InChI is InChI=1S/C15H18N2O2/c1-17-11-13(10-16-17)3-6-14(18)9-12-4-7-15(19-2)8-5-12/h4-5,7-8,10-11H,3,6,9H2,1-2H3. The number of methoxy groups -OCH3 is 1. The molecule has 4 heteroatoms. The highest BCUT2D eigenvalue weighted by atomic mass is 16.5. The maximum Gasteiger partial charge on any atom is 0.137 e. The molecule has 0 radical (unpaired) electrons. The van der Waals surface area contributed by atoms with Crippen LogP contribution in [-0.4, -0.2) is 22.7 Å². The molecule has 0 aliphatic rings. The van der Waals surface area contributed by atoms with E-state index in [4.69, 9.17) is 4.74 Å². The Labute approximate surface area is 113 Å². The highest BCUT2D eigenvalue weighted by Crippen LogP contribution is 2.12. The molecule has 4 nitrogen and oxygen atoms in total. The predicted octanol–water partition coefficient (Wildman–Crippen LogP) is 2.17. The van der Waals surface area contributed by atoms with Crippen LogP contribution >= 0.6 is 0 Å². The maximum atomic E-state index is 11.9. The normalized spacial score (nSPS) is 10.4. The van der Waals surface area contributed by atoms with E-state index in [-0.39, 0.29) is 5.78 Å². The second kappa shape index (κ2) is 6.18. The zero-order valence-electron chi connectivity index (χ0n) is 11.3. The van der Waals surface area contributed by atoms with Crippen molar-refractivity contribution in [3.63, 3.8) is 0 Å². The van der Waals surface area contributed by atoms with Gasteiger partial charge in [0, 0.05) is 26.1 Å². The number of aromatic nitrogens is 2. The lowest BCUT2D eigenvalue weighted by Crippen LogP contribution is -2.04. The number of carbonyl (C=O) groups is 1. The van der Waals surface area contributed by atoms with Crippen molar-refractivity contribution in [1.82, 2.24) is 9.78 Å². The summed E-state index contributed by atoms with van der Waals surface area (Å²) < 4.78 is 6.84. The molecule has 0 saturated carbocycles. The van der Waals surface area contributed by atoms with Crippen LogP contribution < -0.4 is 4.74 Å². The van der Waals surface area contributed by atoms with Crippen molar-refractivity contribution in [2.24, 2.45) is 7.05 Å². The van der Waals surface area contributed by atoms with Gasteiger partial charge in [-0.1, -0.05) is 12.1 Å². The molecule has 2 rings (SSSR count). The minimum absolute atomic E-state index is 0.244. The number of benzene rings is 1. The van der Waals surface area contributed by atoms with Crippen LogP contribution in [0, 0.1) is 0 Å². The van der Waals surface area contributed by atoms with Gasteiger partial charge in [0.15, 0.2) is 0 Å². The Balaban J connectivity index is 1.83. The summed E-state index contributed by atoms with van der Waals surface area (Å²) in [6, 6.07) is 7.62. The molecule has 0 amide bonds. The van der Waals surface area contributed by atoms with Crippen LogP contribution in [0.25, 0.3) is 0 Å². The second-order valence-electron chi connectivity index (χ2n) is 4.59. The van der Waals surface area contributed by atoms with Gasteiger partial charge in [0.2, 0.25) is 0 Å². The topological polar surface area (TPSA) is 44.1 Å². The number of carbonyl (C=O) groups excluding carboxylic acids is 1. The summed E-state index contributed by atoms with van der Waals surface area (Å²) in [4.78, 5) is 11.9. The molecule has 0 aliphatic heterocycles. The second-order valence-corrected chi connectivity index (χ2v) is 4.59. The van der Waals surface area contributed by atoms with Crippen LogP contribution in [-0.2, 0) is 24.7 Å². The third kappa shape index (κ3) is 3.95. The molecular formula is C15H18N2O2. The summed E-state index contributed by atoms with van der Waals surface area (Å²) >= 11 is 0. The van der Waals surface area contributed by atoms with Crippen LogP contribution in [0.15, 0.2) is 36.7 Å². The SMILES string of the molecule is COc1ccc(CC(=O)CCc2cnn(C)c2)cc1. The first-order valence-corrected chi connectivity index (χ1v) is 6.29. The number of nitrogens with zero attached hydrogens (tertiary/aromatic N) is 2. The van der Waals surface area contributed by atoms with Crippen molar-refractivity contribution in [2.45, 2.75) is 19.3 Å². The van der Waals surface area contributed by atoms with Gasteiger partial charge in [-0.25, -0.2) is 0 Å². The van der Waals surface area contributed by atoms with E-state index in [1.807, 2.05) is 37.5 Å². The molecule has 1 aromatic heterocycles. The Morgan fingerprint density at radius 1 is 1.26 bits per heavy atom. The van der Waals surface area contributed by atoms with E-state index in [1.165, 1.54) is 0 Å². The van der Waals surface area contributed by atoms with Gasteiger partial charge >= 0.3 is 0 Å². The smallest absolute Gasteiger partial charge is 0.137 e. The molecule has 0 unspecified atom stereocenters. The lowest BCUT2D eigenvalue weighted by molar-refractivity contribution is -0.118. The number of ketones is 1. The van der Waals surface area contributed by atoms with Crippen molar-refractivity contribution in [2.75, 3.05) is 7.11 Å². The summed E-state index contributed by atoms with van der Waals surface area (Å²) in [5.74, 6) is 1.06. The minimum atomic E-state index is 0.244. The lowest BCUT2D eigenvalue weighted by atomic mass is 10.0. The van der Waals surface area contributed by atoms with E-state index in [0.29, 0.717) is 12.8 Å². The molecule has 0 saturated heterocycles. The van der Waals surface area contributed by atoms with Gasteiger partial charge in [-0.05, 0) is 29.7 Å². The van der Waals surface area contributed by atoms with Gasteiger partial charge in [-0.3, -0.25) is 9.48 Å². The molecule has 0 spiro atoms. The zero-order chi connectivity index (χ0) is 13.7. The Bertz CT molecular complexity index is 544. The van der Waals surface area contributed by atoms with Crippen molar-refractivity contribution < 1.29 is 9.53 Å². The maximum absolute atomic E-state index is 11.9. The summed E-state index contributed by atoms with van der Waals surface area (Å²) in [7, 11) is 3.51. The lowest BCUT2D eigenvalue weighted by Gasteiger charge is -2.03. The monoisotopic (exact) mass is 258 g/mol. The molecule has 0 bridgehead atoms. The molecular weight excluding hydrogens is 240 g/mol. The van der Waals surface area contributed by atoms with E-state index in [9.17, 15) is 4.79 Å². The van der Waals surface area contributed by atoms with E-state index >= 15 is 0 Å². The molecule has 0 fully saturated rings. The third-order valence-corrected chi connectivity index (χ3v) is 3.01. The number of aryl methyl sites for hydroxylation is 2. The molecule has 1 heterocycles. The fourth-order valence-corrected chi connectivity index (χ4v) is 1.94. The van der Waals surface area contributed by atoms with Crippen molar-refractivity contribution in [1.29, 1.82) is 0 Å². The molecule has 0 aliphatic carbocycles. The minimum Gasteiger partial charge on any atom is -0.497 e. The van der Waals surface area contributed by atoms with Crippen molar-refractivity contribution in [3.8, 4) is 5.75 Å². The zero-order valence-corrected chi connectivity index (χ0v) is 11.3. The average molecular weight is 258 g/mol. The Kier molecular flexibility index (Phi) is 4.34. The van der Waals surface area contributed by atoms with Crippen molar-refractivity contribution >= 4 is 5.78 Å². The van der Waals surface area contributed by atoms with Crippen LogP contribution in [0.5, 0.6) is 5.75 Å². The number of rotatable bonds is 6. The van der Waals surface area contributed by atoms with Crippen LogP contribution in [0.1, 0.15) is 17.5 Å². The molecule has 100 valence electrons. The van der Waals surface area contributed by atoms with Gasteiger partial charge in [-0.2, -0.15) is 5.10 Å². The molecule has 0 atom stereocenters. The number of ether oxygens (including phenoxy) is 1. The summed E-state index contributed by atoms with van der Waals surface area (Å²) in [5, 5.41) is 4.09. The van der Waals surface area contributed by atoms with Gasteiger partial charge in [-0.15, -0.1) is 0 Å². The summed E-state index contributed by atoms with van der Waals surface area (Å²) in [6.07, 6.45) is 5.53. The van der Waals surface area contributed by atoms with E-state index in [0.717, 1.165) is 23.3 Å². The first kappa shape index (κ1) is 13.3. The first-order chi connectivity index (χ1) is 9.17. The van der Waals surface area contributed by atoms with E-state index < -0.39 is 0 Å². The highest BCUT2D eigenvalue weighted by molar-refractivity contribution is 5.81. The fraction of sp³-hybridized carbons (Fsp3) is 0.333. The third-order valence-electron chi connectivity index (χ3n) is 3.01. The molecule has 1 aromatic carbocycles. The summed E-state index contributed by atoms with van der Waals surface area (Å²) in [6.45, 7) is 0. The Morgan fingerprint density at radius 3 is 2.58 bits per heavy atom. The molecule has 0 N–H and O–H groups in total. The fourth-order valence-electron chi connectivity index (χ4n) is 1.94. The van der Waals surface area contributed by atoms with Crippen molar-refractivity contribution in [3.05, 3.63) is 47.8 Å². The molecule has 2 aromatic rings. The van der Waals surface area contributed by atoms with Gasteiger partial charge in [0.1, 0.15) is 11.5 Å². The highest BCUT2D eigenvalue weighted by Gasteiger charge is 2.05. The van der Waals surface area contributed by atoms with Crippen LogP contribution in [0.3, 0.4) is 0 Å². The average Bonchev–Trinajstić information content (AvgIpc) is 2.83. The Hall–Kier alpha value is -2.10. The number of Topliss-reactive ketones (excluding diaryl/α,β-unsaturated/α-hetero) is 1. The van der Waals surface area contributed by atoms with Crippen LogP contribution in [0.4, 0.5) is 0 Å². The van der Waals surface area contributed by atoms with E-state index in [2.05, 4.69) is 5.10 Å².